The Hall–Kier alpha value is -2.68. The molecule has 7 aliphatic carbocycles. The quantitative estimate of drug-likeness (QED) is 0.275. The lowest BCUT2D eigenvalue weighted by Crippen LogP contribution is -2.56. The second-order valence-corrected chi connectivity index (χ2v) is 17.3. The SMILES string of the molecule is C#CC1(O)CC[C@H]2[C@@H]3CCc4cc(O)ccc4[C@H]3CC[C@@]21C.CC(=O)[C@@]1(O)CC[C@H]2[C@@H]3C=C(C)C4=CC(=O)CC[C@]4(C)[C@H]3CC[C@@]21C. The molecule has 0 radical (unpaired) electrons. The second-order valence-electron chi connectivity index (χ2n) is 17.3. The van der Waals surface area contributed by atoms with Crippen LogP contribution in [0.2, 0.25) is 0 Å². The zero-order chi connectivity index (χ0) is 33.7. The van der Waals surface area contributed by atoms with Crippen LogP contribution in [-0.4, -0.2) is 38.1 Å². The molecule has 1 aromatic carbocycles. The average Bonchev–Trinajstić information content (AvgIpc) is 3.48. The molecule has 0 aliphatic heterocycles. The van der Waals surface area contributed by atoms with Gasteiger partial charge in [-0.2, -0.15) is 0 Å². The van der Waals surface area contributed by atoms with E-state index in [0.29, 0.717) is 54.1 Å². The van der Waals surface area contributed by atoms with Gasteiger partial charge in [0, 0.05) is 17.3 Å². The molecule has 0 heterocycles. The monoisotopic (exact) mass is 638 g/mol. The fourth-order valence-electron chi connectivity index (χ4n) is 12.8. The highest BCUT2D eigenvalue weighted by Crippen LogP contribution is 2.67. The number of phenols is 1. The van der Waals surface area contributed by atoms with Crippen LogP contribution in [-0.2, 0) is 16.0 Å². The minimum Gasteiger partial charge on any atom is -0.508 e. The van der Waals surface area contributed by atoms with Crippen molar-refractivity contribution in [2.45, 2.75) is 129 Å². The first-order valence-electron chi connectivity index (χ1n) is 18.3. The third-order valence-electron chi connectivity index (χ3n) is 15.7. The van der Waals surface area contributed by atoms with E-state index in [1.54, 1.807) is 6.92 Å². The molecule has 0 amide bonds. The summed E-state index contributed by atoms with van der Waals surface area (Å²) >= 11 is 0. The van der Waals surface area contributed by atoms with Gasteiger partial charge in [-0.25, -0.2) is 0 Å². The molecule has 0 spiro atoms. The molecular formula is C42H54O5. The average molecular weight is 639 g/mol. The first-order chi connectivity index (χ1) is 22.1. The molecule has 47 heavy (non-hydrogen) atoms. The van der Waals surface area contributed by atoms with E-state index in [4.69, 9.17) is 6.42 Å². The summed E-state index contributed by atoms with van der Waals surface area (Å²) < 4.78 is 0. The van der Waals surface area contributed by atoms with Crippen LogP contribution < -0.4 is 0 Å². The number of Topliss-reactive ketones (excluding diaryl/α,β-unsaturated/α-hetero) is 1. The number of phenolic OH excluding ortho intramolecular Hbond substituents is 1. The number of benzene rings is 1. The lowest BCUT2D eigenvalue weighted by atomic mass is 9.47. The molecule has 3 N–H and O–H groups in total. The molecule has 5 heteroatoms. The van der Waals surface area contributed by atoms with Crippen LogP contribution in [0.25, 0.3) is 0 Å². The smallest absolute Gasteiger partial charge is 0.161 e. The number of ketones is 2. The van der Waals surface area contributed by atoms with Crippen molar-refractivity contribution in [2.75, 3.05) is 0 Å². The molecule has 4 fully saturated rings. The highest BCUT2D eigenvalue weighted by Gasteiger charge is 2.65. The third kappa shape index (κ3) is 4.49. The molecule has 0 bridgehead atoms. The number of hydrogen-bond donors (Lipinski definition) is 3. The fraction of sp³-hybridized carbons (Fsp3) is 0.667. The van der Waals surface area contributed by atoms with E-state index in [1.807, 2.05) is 18.2 Å². The Labute approximate surface area is 281 Å². The van der Waals surface area contributed by atoms with E-state index in [0.717, 1.165) is 64.2 Å². The first-order valence-corrected chi connectivity index (χ1v) is 18.3. The molecule has 4 saturated carbocycles. The van der Waals surface area contributed by atoms with Gasteiger partial charge in [-0.15, -0.1) is 6.42 Å². The Kier molecular flexibility index (Phi) is 7.63. The molecule has 8 rings (SSSR count). The minimum absolute atomic E-state index is 0.0651. The molecule has 0 saturated heterocycles. The van der Waals surface area contributed by atoms with Gasteiger partial charge in [0.25, 0.3) is 0 Å². The van der Waals surface area contributed by atoms with Crippen molar-refractivity contribution in [1.29, 1.82) is 0 Å². The van der Waals surface area contributed by atoms with Crippen molar-refractivity contribution in [2.24, 2.45) is 45.8 Å². The van der Waals surface area contributed by atoms with Gasteiger partial charge >= 0.3 is 0 Å². The van der Waals surface area contributed by atoms with Crippen molar-refractivity contribution in [3.05, 3.63) is 52.6 Å². The van der Waals surface area contributed by atoms with Crippen molar-refractivity contribution >= 4 is 11.6 Å². The molecule has 7 aliphatic rings. The topological polar surface area (TPSA) is 94.8 Å². The molecule has 0 aromatic heterocycles. The molecule has 5 nitrogen and oxygen atoms in total. The van der Waals surface area contributed by atoms with Gasteiger partial charge in [0.2, 0.25) is 0 Å². The highest BCUT2D eigenvalue weighted by atomic mass is 16.3. The van der Waals surface area contributed by atoms with Crippen LogP contribution in [0.5, 0.6) is 5.75 Å². The molecule has 252 valence electrons. The lowest BCUT2D eigenvalue weighted by molar-refractivity contribution is -0.156. The number of aliphatic hydroxyl groups is 2. The number of terminal acetylenes is 1. The standard InChI is InChI=1S/C22H30O3.C20H24O2/c1-13-11-16-17(20(3)8-5-15(24)12-19(13)20)6-9-21(4)18(16)7-10-22(21,25)14(2)23;1-3-20(22)11-9-18-17-6-4-13-12-14(21)5-7-15(13)16(17)8-10-19(18,20)2/h11-12,16-18,25H,5-10H2,1-4H3;1,5,7,12,16-18,21-22H,4,6,8-11H2,2H3/t16-,17+,18+,20-,21+,22+;16-,17-,18+,19+,20?/m11/s1. The maximum atomic E-state index is 12.3. The summed E-state index contributed by atoms with van der Waals surface area (Å²) in [7, 11) is 0. The van der Waals surface area contributed by atoms with Gasteiger partial charge in [-0.05, 0) is 160 Å². The van der Waals surface area contributed by atoms with Crippen molar-refractivity contribution in [3.63, 3.8) is 0 Å². The maximum Gasteiger partial charge on any atom is 0.161 e. The summed E-state index contributed by atoms with van der Waals surface area (Å²) in [6, 6.07) is 5.87. The van der Waals surface area contributed by atoms with Crippen LogP contribution in [0.15, 0.2) is 41.5 Å². The van der Waals surface area contributed by atoms with E-state index < -0.39 is 11.2 Å². The van der Waals surface area contributed by atoms with Crippen molar-refractivity contribution < 1.29 is 24.9 Å². The third-order valence-corrected chi connectivity index (χ3v) is 15.7. The van der Waals surface area contributed by atoms with Gasteiger partial charge in [0.1, 0.15) is 17.0 Å². The summed E-state index contributed by atoms with van der Waals surface area (Å²) in [6.07, 6.45) is 21.1. The summed E-state index contributed by atoms with van der Waals surface area (Å²) in [6.45, 7) is 10.4. The number of aryl methyl sites for hydroxylation is 1. The van der Waals surface area contributed by atoms with Gasteiger partial charge in [0.15, 0.2) is 11.6 Å². The number of rotatable bonds is 1. The maximum absolute atomic E-state index is 12.3. The predicted molar refractivity (Wildman–Crippen MR) is 183 cm³/mol. The number of allylic oxidation sites excluding steroid dienone is 4. The van der Waals surface area contributed by atoms with E-state index in [-0.39, 0.29) is 27.8 Å². The van der Waals surface area contributed by atoms with E-state index in [9.17, 15) is 24.9 Å². The minimum atomic E-state index is -1.16. The fourth-order valence-corrected chi connectivity index (χ4v) is 12.8. The largest absolute Gasteiger partial charge is 0.508 e. The Morgan fingerprint density at radius 1 is 0.894 bits per heavy atom. The van der Waals surface area contributed by atoms with E-state index in [1.165, 1.54) is 22.3 Å². The van der Waals surface area contributed by atoms with Crippen LogP contribution in [0, 0.1) is 58.2 Å². The van der Waals surface area contributed by atoms with Crippen LogP contribution in [0.3, 0.4) is 0 Å². The molecule has 11 atom stereocenters. The van der Waals surface area contributed by atoms with Gasteiger partial charge < -0.3 is 15.3 Å². The Morgan fingerprint density at radius 2 is 1.60 bits per heavy atom. The zero-order valence-electron chi connectivity index (χ0n) is 29.1. The summed E-state index contributed by atoms with van der Waals surface area (Å²) in [5.41, 5.74) is 2.75. The lowest BCUT2D eigenvalue weighted by Gasteiger charge is -2.57. The van der Waals surface area contributed by atoms with Gasteiger partial charge in [0.05, 0.1) is 0 Å². The van der Waals surface area contributed by atoms with Crippen LogP contribution in [0.4, 0.5) is 0 Å². The number of fused-ring (bicyclic) bond motifs is 10. The normalized spacial score (nSPS) is 46.0. The number of hydrogen-bond acceptors (Lipinski definition) is 5. The second kappa shape index (κ2) is 10.9. The van der Waals surface area contributed by atoms with E-state index in [2.05, 4.69) is 45.8 Å². The van der Waals surface area contributed by atoms with Gasteiger partial charge in [-0.1, -0.05) is 44.4 Å². The van der Waals surface area contributed by atoms with Gasteiger partial charge in [-0.3, -0.25) is 9.59 Å². The number of carbonyl (C=O) groups is 2. The summed E-state index contributed by atoms with van der Waals surface area (Å²) in [5.74, 6) is 6.28. The number of aromatic hydroxyl groups is 1. The Balaban J connectivity index is 0.000000151. The summed E-state index contributed by atoms with van der Waals surface area (Å²) in [4.78, 5) is 24.3. The molecular weight excluding hydrogens is 584 g/mol. The molecule has 1 aromatic rings. The first kappa shape index (κ1) is 32.8. The Morgan fingerprint density at radius 3 is 2.32 bits per heavy atom. The van der Waals surface area contributed by atoms with Crippen LogP contribution >= 0.6 is 0 Å². The highest BCUT2D eigenvalue weighted by molar-refractivity contribution is 5.92. The van der Waals surface area contributed by atoms with Crippen molar-refractivity contribution in [1.82, 2.24) is 0 Å². The predicted octanol–water partition coefficient (Wildman–Crippen LogP) is 7.62. The number of carbonyl (C=O) groups excluding carboxylic acids is 2. The Bertz CT molecular complexity index is 1610. The zero-order valence-corrected chi connectivity index (χ0v) is 29.1. The van der Waals surface area contributed by atoms with Crippen LogP contribution in [0.1, 0.15) is 122 Å². The molecule has 1 unspecified atom stereocenters. The van der Waals surface area contributed by atoms with E-state index >= 15 is 0 Å². The summed E-state index contributed by atoms with van der Waals surface area (Å²) in [5, 5.41) is 31.8. The van der Waals surface area contributed by atoms with Crippen molar-refractivity contribution in [3.8, 4) is 18.1 Å².